The first-order valence-electron chi connectivity index (χ1n) is 8.85. The number of halogens is 3. The number of rotatable bonds is 4. The summed E-state index contributed by atoms with van der Waals surface area (Å²) in [7, 11) is 0. The lowest BCUT2D eigenvalue weighted by Gasteiger charge is -2.09. The number of carbonyl (C=O) groups excluding carboxylic acids is 1. The Morgan fingerprint density at radius 2 is 1.67 bits per heavy atom. The first-order valence-corrected chi connectivity index (χ1v) is 9.73. The number of hydrogen-bond acceptors (Lipinski definition) is 4. The van der Waals surface area contributed by atoms with Gasteiger partial charge in [0.1, 0.15) is 5.01 Å². The number of benzene rings is 2. The van der Waals surface area contributed by atoms with Crippen molar-refractivity contribution in [1.29, 1.82) is 0 Å². The second-order valence-corrected chi connectivity index (χ2v) is 7.24. The van der Waals surface area contributed by atoms with Crippen LogP contribution in [0.3, 0.4) is 0 Å². The van der Waals surface area contributed by atoms with Gasteiger partial charge in [0.25, 0.3) is 5.91 Å². The van der Waals surface area contributed by atoms with Gasteiger partial charge in [0.05, 0.1) is 11.3 Å². The average Bonchev–Trinajstić information content (AvgIpc) is 3.24. The average molecular weight is 425 g/mol. The van der Waals surface area contributed by atoms with E-state index in [1.54, 1.807) is 30.6 Å². The van der Waals surface area contributed by atoms with Crippen LogP contribution in [0, 0.1) is 0 Å². The number of aromatic nitrogens is 2. The fourth-order valence-electron chi connectivity index (χ4n) is 2.80. The van der Waals surface area contributed by atoms with Crippen LogP contribution >= 0.6 is 11.3 Å². The van der Waals surface area contributed by atoms with Gasteiger partial charge < -0.3 is 5.32 Å². The van der Waals surface area contributed by atoms with Crippen LogP contribution in [0.25, 0.3) is 21.8 Å². The first-order chi connectivity index (χ1) is 14.4. The topological polar surface area (TPSA) is 54.9 Å². The SMILES string of the molecule is O=C(Nc1cccc(-c2csc(-c3ccncc3)n2)c1)c1ccc(C(F)(F)F)cc1. The Balaban J connectivity index is 1.51. The predicted octanol–water partition coefficient (Wildman–Crippen LogP) is 6.14. The summed E-state index contributed by atoms with van der Waals surface area (Å²) in [6.07, 6.45) is -1.03. The fourth-order valence-corrected chi connectivity index (χ4v) is 3.64. The molecule has 0 aliphatic rings. The summed E-state index contributed by atoms with van der Waals surface area (Å²) < 4.78 is 38.0. The largest absolute Gasteiger partial charge is 0.416 e. The summed E-state index contributed by atoms with van der Waals surface area (Å²) in [5, 5.41) is 5.49. The highest BCUT2D eigenvalue weighted by molar-refractivity contribution is 7.13. The van der Waals surface area contributed by atoms with Crippen molar-refractivity contribution in [3.63, 3.8) is 0 Å². The summed E-state index contributed by atoms with van der Waals surface area (Å²) in [4.78, 5) is 21.0. The molecule has 0 aliphatic carbocycles. The van der Waals surface area contributed by atoms with Crippen LogP contribution in [0.1, 0.15) is 15.9 Å². The lowest BCUT2D eigenvalue weighted by molar-refractivity contribution is -0.137. The summed E-state index contributed by atoms with van der Waals surface area (Å²) in [5.41, 5.74) is 2.41. The Bertz CT molecular complexity index is 1170. The van der Waals surface area contributed by atoms with Crippen molar-refractivity contribution in [2.75, 3.05) is 5.32 Å². The van der Waals surface area contributed by atoms with E-state index >= 15 is 0 Å². The van der Waals surface area contributed by atoms with E-state index in [-0.39, 0.29) is 5.56 Å². The molecular formula is C22H14F3N3OS. The molecule has 0 saturated carbocycles. The molecule has 0 unspecified atom stereocenters. The standard InChI is InChI=1S/C22H14F3N3OS/c23-22(24,25)17-6-4-14(5-7-17)20(29)27-18-3-1-2-16(12-18)19-13-30-21(28-19)15-8-10-26-11-9-15/h1-13H,(H,27,29). The molecule has 4 aromatic rings. The molecule has 2 heterocycles. The maximum absolute atomic E-state index is 12.7. The Morgan fingerprint density at radius 3 is 2.37 bits per heavy atom. The number of hydrogen-bond donors (Lipinski definition) is 1. The van der Waals surface area contributed by atoms with E-state index in [2.05, 4.69) is 15.3 Å². The fraction of sp³-hybridized carbons (Fsp3) is 0.0455. The summed E-state index contributed by atoms with van der Waals surface area (Å²) in [5.74, 6) is -0.489. The molecule has 1 amide bonds. The third-order valence-corrected chi connectivity index (χ3v) is 5.21. The number of pyridine rings is 1. The zero-order valence-electron chi connectivity index (χ0n) is 15.4. The van der Waals surface area contributed by atoms with Crippen LogP contribution in [0.2, 0.25) is 0 Å². The molecule has 0 aliphatic heterocycles. The second-order valence-electron chi connectivity index (χ2n) is 6.38. The van der Waals surface area contributed by atoms with Gasteiger partial charge in [0.2, 0.25) is 0 Å². The minimum absolute atomic E-state index is 0.141. The molecule has 0 radical (unpaired) electrons. The Morgan fingerprint density at radius 1 is 0.933 bits per heavy atom. The molecule has 30 heavy (non-hydrogen) atoms. The normalized spacial score (nSPS) is 11.3. The Hall–Kier alpha value is -3.52. The van der Waals surface area contributed by atoms with Crippen molar-refractivity contribution < 1.29 is 18.0 Å². The van der Waals surface area contributed by atoms with Crippen LogP contribution < -0.4 is 5.32 Å². The predicted molar refractivity (Wildman–Crippen MR) is 110 cm³/mol. The van der Waals surface area contributed by atoms with Gasteiger partial charge in [0.15, 0.2) is 0 Å². The zero-order chi connectivity index (χ0) is 21.1. The van der Waals surface area contributed by atoms with Gasteiger partial charge in [-0.25, -0.2) is 4.98 Å². The molecular weight excluding hydrogens is 411 g/mol. The smallest absolute Gasteiger partial charge is 0.322 e. The molecule has 2 aromatic carbocycles. The third-order valence-electron chi connectivity index (χ3n) is 4.32. The van der Waals surface area contributed by atoms with Crippen molar-refractivity contribution in [3.8, 4) is 21.8 Å². The minimum Gasteiger partial charge on any atom is -0.322 e. The van der Waals surface area contributed by atoms with E-state index < -0.39 is 17.6 Å². The van der Waals surface area contributed by atoms with Crippen molar-refractivity contribution in [2.45, 2.75) is 6.18 Å². The van der Waals surface area contributed by atoms with Gasteiger partial charge in [-0.2, -0.15) is 13.2 Å². The van der Waals surface area contributed by atoms with Gasteiger partial charge in [-0.3, -0.25) is 9.78 Å². The van der Waals surface area contributed by atoms with Crippen molar-refractivity contribution in [2.24, 2.45) is 0 Å². The van der Waals surface area contributed by atoms with Crippen LogP contribution in [-0.4, -0.2) is 15.9 Å². The van der Waals surface area contributed by atoms with Crippen molar-refractivity contribution in [3.05, 3.63) is 89.6 Å². The summed E-state index contributed by atoms with van der Waals surface area (Å²) in [6.45, 7) is 0. The molecule has 0 bridgehead atoms. The molecule has 0 saturated heterocycles. The van der Waals surface area contributed by atoms with Crippen LogP contribution in [0.5, 0.6) is 0 Å². The van der Waals surface area contributed by atoms with Gasteiger partial charge in [-0.05, 0) is 48.5 Å². The highest BCUT2D eigenvalue weighted by Crippen LogP contribution is 2.31. The molecule has 150 valence electrons. The van der Waals surface area contributed by atoms with Crippen LogP contribution in [0.4, 0.5) is 18.9 Å². The van der Waals surface area contributed by atoms with Gasteiger partial charge in [0, 0.05) is 40.2 Å². The van der Waals surface area contributed by atoms with Gasteiger partial charge in [-0.15, -0.1) is 11.3 Å². The lowest BCUT2D eigenvalue weighted by atomic mass is 10.1. The van der Waals surface area contributed by atoms with E-state index in [0.717, 1.165) is 46.1 Å². The minimum atomic E-state index is -4.44. The maximum Gasteiger partial charge on any atom is 0.416 e. The molecule has 4 nitrogen and oxygen atoms in total. The summed E-state index contributed by atoms with van der Waals surface area (Å²) in [6, 6.07) is 15.0. The molecule has 0 spiro atoms. The molecule has 2 aromatic heterocycles. The maximum atomic E-state index is 12.7. The molecule has 4 rings (SSSR count). The highest BCUT2D eigenvalue weighted by Gasteiger charge is 2.30. The highest BCUT2D eigenvalue weighted by atomic mass is 32.1. The third kappa shape index (κ3) is 4.38. The number of thiazole rings is 1. The number of nitrogens with zero attached hydrogens (tertiary/aromatic N) is 2. The molecule has 0 atom stereocenters. The number of alkyl halides is 3. The Labute approximate surface area is 174 Å². The van der Waals surface area contributed by atoms with E-state index in [9.17, 15) is 18.0 Å². The zero-order valence-corrected chi connectivity index (χ0v) is 16.2. The molecule has 0 fully saturated rings. The summed E-state index contributed by atoms with van der Waals surface area (Å²) >= 11 is 1.50. The van der Waals surface area contributed by atoms with Gasteiger partial charge >= 0.3 is 6.18 Å². The first kappa shape index (κ1) is 19.8. The quantitative estimate of drug-likeness (QED) is 0.427. The number of nitrogens with one attached hydrogen (secondary N) is 1. The molecule has 8 heteroatoms. The van der Waals surface area contributed by atoms with Gasteiger partial charge in [-0.1, -0.05) is 12.1 Å². The van der Waals surface area contributed by atoms with Crippen LogP contribution in [0.15, 0.2) is 78.4 Å². The van der Waals surface area contributed by atoms with Crippen molar-refractivity contribution in [1.82, 2.24) is 9.97 Å². The number of anilines is 1. The van der Waals surface area contributed by atoms with E-state index in [4.69, 9.17) is 0 Å². The second kappa shape index (κ2) is 8.08. The van der Waals surface area contributed by atoms with E-state index in [0.29, 0.717) is 5.69 Å². The molecule has 1 N–H and O–H groups in total. The monoisotopic (exact) mass is 425 g/mol. The van der Waals surface area contributed by atoms with E-state index in [1.807, 2.05) is 23.6 Å². The van der Waals surface area contributed by atoms with Crippen molar-refractivity contribution >= 4 is 22.9 Å². The van der Waals surface area contributed by atoms with Crippen LogP contribution in [-0.2, 0) is 6.18 Å². The Kier molecular flexibility index (Phi) is 5.33. The number of carbonyl (C=O) groups is 1. The lowest BCUT2D eigenvalue weighted by Crippen LogP contribution is -2.12. The van der Waals surface area contributed by atoms with E-state index in [1.165, 1.54) is 11.3 Å². The number of amides is 1.